The number of benzene rings is 1. The summed E-state index contributed by atoms with van der Waals surface area (Å²) in [5.41, 5.74) is 5.04. The first-order chi connectivity index (χ1) is 9.86. The van der Waals surface area contributed by atoms with Crippen molar-refractivity contribution in [1.82, 2.24) is 4.72 Å². The lowest BCUT2D eigenvalue weighted by Gasteiger charge is -2.32. The Hall–Kier alpha value is -1.62. The number of rotatable bonds is 4. The molecular formula is C14H19N3O3S. The highest BCUT2D eigenvalue weighted by Gasteiger charge is 2.31. The summed E-state index contributed by atoms with van der Waals surface area (Å²) in [6.07, 6.45) is 4.06. The number of nitrogens with one attached hydrogen (secondary N) is 1. The van der Waals surface area contributed by atoms with Crippen molar-refractivity contribution in [2.75, 3.05) is 12.3 Å². The lowest BCUT2D eigenvalue weighted by molar-refractivity contribution is 0.00946. The number of nitrogens with zero attached hydrogens (tertiary/aromatic N) is 1. The van der Waals surface area contributed by atoms with E-state index in [1.165, 1.54) is 18.2 Å². The van der Waals surface area contributed by atoms with Crippen LogP contribution in [0.4, 0.5) is 5.69 Å². The van der Waals surface area contributed by atoms with Crippen LogP contribution in [-0.4, -0.2) is 25.7 Å². The van der Waals surface area contributed by atoms with Crippen molar-refractivity contribution in [2.24, 2.45) is 0 Å². The predicted molar refractivity (Wildman–Crippen MR) is 78.8 cm³/mol. The van der Waals surface area contributed by atoms with Gasteiger partial charge in [-0.05, 0) is 31.0 Å². The van der Waals surface area contributed by atoms with Gasteiger partial charge in [0, 0.05) is 6.54 Å². The summed E-state index contributed by atoms with van der Waals surface area (Å²) in [6, 6.07) is 5.93. The van der Waals surface area contributed by atoms with E-state index in [-0.39, 0.29) is 17.1 Å². The van der Waals surface area contributed by atoms with Gasteiger partial charge in [0.05, 0.1) is 22.9 Å². The molecule has 0 radical (unpaired) electrons. The average molecular weight is 309 g/mol. The molecule has 0 unspecified atom stereocenters. The van der Waals surface area contributed by atoms with Crippen LogP contribution < -0.4 is 10.5 Å². The second kappa shape index (κ2) is 6.02. The van der Waals surface area contributed by atoms with Crippen molar-refractivity contribution in [3.63, 3.8) is 0 Å². The Morgan fingerprint density at radius 2 is 2.00 bits per heavy atom. The van der Waals surface area contributed by atoms with Crippen LogP contribution in [-0.2, 0) is 10.0 Å². The largest absolute Gasteiger partial charge is 0.398 e. The highest BCUT2D eigenvalue weighted by molar-refractivity contribution is 7.89. The second-order valence-electron chi connectivity index (χ2n) is 5.47. The number of hydrogen-bond donors (Lipinski definition) is 3. The molecule has 0 heterocycles. The van der Waals surface area contributed by atoms with Gasteiger partial charge in [0.25, 0.3) is 0 Å². The normalized spacial score (nSPS) is 18.1. The number of nitrogens with two attached hydrogens (primary N) is 1. The van der Waals surface area contributed by atoms with Crippen LogP contribution in [0.3, 0.4) is 0 Å². The van der Waals surface area contributed by atoms with Gasteiger partial charge >= 0.3 is 0 Å². The Morgan fingerprint density at radius 3 is 2.57 bits per heavy atom. The zero-order valence-corrected chi connectivity index (χ0v) is 12.5. The molecule has 0 amide bonds. The molecule has 1 aliphatic carbocycles. The molecule has 2 rings (SSSR count). The van der Waals surface area contributed by atoms with Gasteiger partial charge in [-0.15, -0.1) is 0 Å². The molecule has 0 aromatic heterocycles. The zero-order valence-electron chi connectivity index (χ0n) is 11.7. The minimum absolute atomic E-state index is 0.0191. The van der Waals surface area contributed by atoms with E-state index in [2.05, 4.69) is 4.72 Å². The van der Waals surface area contributed by atoms with Crippen LogP contribution in [0.2, 0.25) is 0 Å². The van der Waals surface area contributed by atoms with Gasteiger partial charge in [-0.1, -0.05) is 19.3 Å². The van der Waals surface area contributed by atoms with Gasteiger partial charge in [0.2, 0.25) is 10.0 Å². The van der Waals surface area contributed by atoms with Crippen molar-refractivity contribution in [1.29, 1.82) is 5.26 Å². The summed E-state index contributed by atoms with van der Waals surface area (Å²) in [7, 11) is -3.80. The topological polar surface area (TPSA) is 116 Å². The number of anilines is 1. The Kier molecular flexibility index (Phi) is 4.52. The Morgan fingerprint density at radius 1 is 1.33 bits per heavy atom. The lowest BCUT2D eigenvalue weighted by Crippen LogP contribution is -2.44. The summed E-state index contributed by atoms with van der Waals surface area (Å²) >= 11 is 0. The number of sulfonamides is 1. The van der Waals surface area contributed by atoms with Crippen LogP contribution >= 0.6 is 0 Å². The van der Waals surface area contributed by atoms with Gasteiger partial charge in [-0.25, -0.2) is 13.1 Å². The number of nitrogen functional groups attached to an aromatic ring is 1. The smallest absolute Gasteiger partial charge is 0.242 e. The highest BCUT2D eigenvalue weighted by Crippen LogP contribution is 2.28. The van der Waals surface area contributed by atoms with Crippen LogP contribution in [0.1, 0.15) is 37.7 Å². The van der Waals surface area contributed by atoms with Crippen molar-refractivity contribution in [3.8, 4) is 6.07 Å². The zero-order chi connectivity index (χ0) is 15.5. The van der Waals surface area contributed by atoms with E-state index in [1.54, 1.807) is 0 Å². The Balaban J connectivity index is 2.13. The third kappa shape index (κ3) is 3.73. The lowest BCUT2D eigenvalue weighted by atomic mass is 9.85. The molecule has 1 aromatic rings. The average Bonchev–Trinajstić information content (AvgIpc) is 2.46. The summed E-state index contributed by atoms with van der Waals surface area (Å²) in [5.74, 6) is 0. The van der Waals surface area contributed by atoms with E-state index in [1.807, 2.05) is 6.07 Å². The molecule has 6 nitrogen and oxygen atoms in total. The van der Waals surface area contributed by atoms with Crippen LogP contribution in [0, 0.1) is 11.3 Å². The maximum Gasteiger partial charge on any atom is 0.242 e. The molecule has 0 spiro atoms. The van der Waals surface area contributed by atoms with E-state index in [0.29, 0.717) is 18.4 Å². The first-order valence-corrected chi connectivity index (χ1v) is 8.36. The summed E-state index contributed by atoms with van der Waals surface area (Å²) in [5, 5.41) is 19.1. The molecule has 1 aliphatic rings. The first-order valence-electron chi connectivity index (χ1n) is 6.88. The standard InChI is InChI=1S/C14H19N3O3S/c15-9-11-4-5-13(12(16)8-11)21(19,20)17-10-14(18)6-2-1-3-7-14/h4-5,8,17-18H,1-3,6-7,10,16H2. The highest BCUT2D eigenvalue weighted by atomic mass is 32.2. The molecule has 114 valence electrons. The SMILES string of the molecule is N#Cc1ccc(S(=O)(=O)NCC2(O)CCCCC2)c(N)c1. The van der Waals surface area contributed by atoms with Gasteiger partial charge in [-0.3, -0.25) is 0 Å². The molecule has 1 saturated carbocycles. The first kappa shape index (κ1) is 15.8. The second-order valence-corrected chi connectivity index (χ2v) is 7.21. The van der Waals surface area contributed by atoms with E-state index < -0.39 is 15.6 Å². The van der Waals surface area contributed by atoms with Crippen LogP contribution in [0.5, 0.6) is 0 Å². The monoisotopic (exact) mass is 309 g/mol. The molecule has 4 N–H and O–H groups in total. The molecule has 0 aliphatic heterocycles. The summed E-state index contributed by atoms with van der Waals surface area (Å²) < 4.78 is 26.9. The van der Waals surface area contributed by atoms with Gasteiger partial charge < -0.3 is 10.8 Å². The van der Waals surface area contributed by atoms with E-state index in [0.717, 1.165) is 19.3 Å². The van der Waals surface area contributed by atoms with E-state index >= 15 is 0 Å². The number of hydrogen-bond acceptors (Lipinski definition) is 5. The van der Waals surface area contributed by atoms with Crippen LogP contribution in [0.15, 0.2) is 23.1 Å². The Labute approximate surface area is 124 Å². The van der Waals surface area contributed by atoms with Crippen molar-refractivity contribution < 1.29 is 13.5 Å². The fraction of sp³-hybridized carbons (Fsp3) is 0.500. The van der Waals surface area contributed by atoms with Crippen LogP contribution in [0.25, 0.3) is 0 Å². The number of nitriles is 1. The molecule has 0 bridgehead atoms. The fourth-order valence-corrected chi connectivity index (χ4v) is 3.79. The molecule has 1 aromatic carbocycles. The molecule has 21 heavy (non-hydrogen) atoms. The van der Waals surface area contributed by atoms with E-state index in [9.17, 15) is 13.5 Å². The molecule has 7 heteroatoms. The van der Waals surface area contributed by atoms with Gasteiger partial charge in [0.15, 0.2) is 0 Å². The minimum Gasteiger partial charge on any atom is -0.398 e. The van der Waals surface area contributed by atoms with E-state index in [4.69, 9.17) is 11.0 Å². The molecular weight excluding hydrogens is 290 g/mol. The quantitative estimate of drug-likeness (QED) is 0.720. The Bertz CT molecular complexity index is 659. The van der Waals surface area contributed by atoms with Gasteiger partial charge in [-0.2, -0.15) is 5.26 Å². The molecule has 0 atom stereocenters. The summed E-state index contributed by atoms with van der Waals surface area (Å²) in [4.78, 5) is -0.0686. The minimum atomic E-state index is -3.80. The summed E-state index contributed by atoms with van der Waals surface area (Å²) in [6.45, 7) is -0.0191. The number of aliphatic hydroxyl groups is 1. The maximum absolute atomic E-state index is 12.3. The maximum atomic E-state index is 12.3. The fourth-order valence-electron chi connectivity index (χ4n) is 2.56. The third-order valence-electron chi connectivity index (χ3n) is 3.80. The third-order valence-corrected chi connectivity index (χ3v) is 5.28. The molecule has 0 saturated heterocycles. The van der Waals surface area contributed by atoms with Crippen molar-refractivity contribution >= 4 is 15.7 Å². The van der Waals surface area contributed by atoms with Gasteiger partial charge in [0.1, 0.15) is 4.90 Å². The molecule has 1 fully saturated rings. The van der Waals surface area contributed by atoms with Crippen molar-refractivity contribution in [2.45, 2.75) is 42.6 Å². The predicted octanol–water partition coefficient (Wildman–Crippen LogP) is 1.11. The van der Waals surface area contributed by atoms with Crippen molar-refractivity contribution in [3.05, 3.63) is 23.8 Å².